The van der Waals surface area contributed by atoms with Crippen LogP contribution in [-0.2, 0) is 5.41 Å². The van der Waals surface area contributed by atoms with Gasteiger partial charge < -0.3 is 5.73 Å². The zero-order chi connectivity index (χ0) is 26.5. The van der Waals surface area contributed by atoms with Crippen molar-refractivity contribution in [3.05, 3.63) is 105 Å². The molecule has 0 saturated carbocycles. The van der Waals surface area contributed by atoms with Gasteiger partial charge >= 0.3 is 0 Å². The molecule has 1 heterocycles. The van der Waals surface area contributed by atoms with Gasteiger partial charge in [-0.3, -0.25) is 5.41 Å². The molecule has 1 aliphatic heterocycles. The zero-order valence-corrected chi connectivity index (χ0v) is 24.3. The highest BCUT2D eigenvalue weighted by molar-refractivity contribution is 8.14. The van der Waals surface area contributed by atoms with Gasteiger partial charge in [-0.2, -0.15) is 0 Å². The van der Waals surface area contributed by atoms with Gasteiger partial charge in [0.05, 0.1) is 10.4 Å². The molecule has 0 radical (unpaired) electrons. The summed E-state index contributed by atoms with van der Waals surface area (Å²) in [4.78, 5) is 2.68. The minimum Gasteiger partial charge on any atom is -0.316 e. The van der Waals surface area contributed by atoms with Crippen molar-refractivity contribution in [3.8, 4) is 11.1 Å². The lowest BCUT2D eigenvalue weighted by molar-refractivity contribution is 0.607. The molecular formula is C33H36N2S2. The molecule has 0 bridgehead atoms. The summed E-state index contributed by atoms with van der Waals surface area (Å²) in [7, 11) is 0. The quantitative estimate of drug-likeness (QED) is 0.203. The number of nitrogens with two attached hydrogens (primary N) is 1. The van der Waals surface area contributed by atoms with Crippen molar-refractivity contribution < 1.29 is 0 Å². The van der Waals surface area contributed by atoms with Crippen LogP contribution in [-0.4, -0.2) is 10.4 Å². The van der Waals surface area contributed by atoms with Gasteiger partial charge in [0, 0.05) is 20.8 Å². The van der Waals surface area contributed by atoms with E-state index in [0.29, 0.717) is 5.04 Å². The second kappa shape index (κ2) is 9.98. The Hall–Kier alpha value is -2.53. The largest absolute Gasteiger partial charge is 0.316 e. The number of hydrogen-bond donors (Lipinski definition) is 2. The lowest BCUT2D eigenvalue weighted by atomic mass is 9.77. The third kappa shape index (κ3) is 4.54. The smallest absolute Gasteiger partial charge is 0.0966 e. The number of fused-ring (bicyclic) bond motifs is 2. The molecule has 2 nitrogen and oxygen atoms in total. The molecule has 0 saturated heterocycles. The molecule has 1 aliphatic carbocycles. The first-order chi connectivity index (χ1) is 17.6. The highest BCUT2D eigenvalue weighted by Crippen LogP contribution is 2.50. The summed E-state index contributed by atoms with van der Waals surface area (Å²) in [6.07, 6.45) is 8.37. The van der Waals surface area contributed by atoms with E-state index < -0.39 is 0 Å². The predicted octanol–water partition coefficient (Wildman–Crippen LogP) is 9.00. The zero-order valence-electron chi connectivity index (χ0n) is 22.7. The maximum absolute atomic E-state index is 9.00. The average molecular weight is 525 g/mol. The Labute approximate surface area is 230 Å². The number of benzene rings is 3. The van der Waals surface area contributed by atoms with Crippen molar-refractivity contribution in [2.75, 3.05) is 0 Å². The Kier molecular flexibility index (Phi) is 7.04. The maximum atomic E-state index is 9.00. The van der Waals surface area contributed by atoms with E-state index in [0.717, 1.165) is 18.4 Å². The number of nitrogens with one attached hydrogen (secondary N) is 1. The van der Waals surface area contributed by atoms with Gasteiger partial charge in [-0.15, -0.1) is 0 Å². The number of rotatable bonds is 4. The topological polar surface area (TPSA) is 49.9 Å². The Balaban J connectivity index is 1.53. The Bertz CT molecular complexity index is 1450. The highest BCUT2D eigenvalue weighted by atomic mass is 32.2. The predicted molar refractivity (Wildman–Crippen MR) is 162 cm³/mol. The highest BCUT2D eigenvalue weighted by Gasteiger charge is 2.33. The van der Waals surface area contributed by atoms with Crippen LogP contribution >= 0.6 is 23.5 Å². The summed E-state index contributed by atoms with van der Waals surface area (Å²) in [5.41, 5.74) is 18.9. The van der Waals surface area contributed by atoms with E-state index in [-0.39, 0.29) is 10.8 Å². The van der Waals surface area contributed by atoms with E-state index in [1.807, 2.05) is 11.8 Å². The number of hydrogen-bond acceptors (Lipinski definition) is 4. The monoisotopic (exact) mass is 524 g/mol. The minimum absolute atomic E-state index is 0.0237. The van der Waals surface area contributed by atoms with Crippen LogP contribution in [0.25, 0.3) is 11.1 Å². The summed E-state index contributed by atoms with van der Waals surface area (Å²) in [5.74, 6) is 0. The molecule has 4 heteroatoms. The minimum atomic E-state index is -0.180. The molecule has 1 atom stereocenters. The van der Waals surface area contributed by atoms with Crippen LogP contribution in [0, 0.1) is 33.1 Å². The van der Waals surface area contributed by atoms with Gasteiger partial charge in [0.15, 0.2) is 0 Å². The molecule has 0 amide bonds. The summed E-state index contributed by atoms with van der Waals surface area (Å²) in [6, 6.07) is 15.8. The van der Waals surface area contributed by atoms with Gasteiger partial charge in [-0.05, 0) is 103 Å². The Morgan fingerprint density at radius 2 is 1.62 bits per heavy atom. The molecule has 0 aromatic heterocycles. The van der Waals surface area contributed by atoms with E-state index >= 15 is 0 Å². The fourth-order valence-corrected chi connectivity index (χ4v) is 8.28. The standard InChI is InChI=1S/C33H36N2S2/c1-19-21(3)30(32(35)37-31(34)23-12-8-7-9-13-23)22(4)20(2)29(19)24-16-17-26-28(18-24)36-27-15-11-10-14-25(27)33(26,5)6/h7-8,10-12,14-18,31,35H,9,13,34H2,1-6H3. The van der Waals surface area contributed by atoms with Gasteiger partial charge in [0.2, 0.25) is 0 Å². The van der Waals surface area contributed by atoms with Crippen LogP contribution < -0.4 is 5.73 Å². The van der Waals surface area contributed by atoms with Crippen molar-refractivity contribution >= 4 is 28.6 Å². The van der Waals surface area contributed by atoms with Gasteiger partial charge in [0.1, 0.15) is 0 Å². The summed E-state index contributed by atoms with van der Waals surface area (Å²) in [6.45, 7) is 13.4. The van der Waals surface area contributed by atoms with Crippen LogP contribution in [0.15, 0.2) is 76.1 Å². The fourth-order valence-electron chi connectivity index (χ4n) is 5.82. The normalized spacial score (nSPS) is 16.6. The first-order valence-electron chi connectivity index (χ1n) is 13.0. The molecular weight excluding hydrogens is 489 g/mol. The summed E-state index contributed by atoms with van der Waals surface area (Å²) in [5, 5.41) is 9.39. The van der Waals surface area contributed by atoms with Crippen LogP contribution in [0.1, 0.15) is 65.6 Å². The van der Waals surface area contributed by atoms with Crippen LogP contribution in [0.2, 0.25) is 0 Å². The Morgan fingerprint density at radius 3 is 2.30 bits per heavy atom. The van der Waals surface area contributed by atoms with Crippen molar-refractivity contribution in [1.82, 2.24) is 0 Å². The average Bonchev–Trinajstić information content (AvgIpc) is 2.88. The maximum Gasteiger partial charge on any atom is 0.0966 e. The molecule has 3 N–H and O–H groups in total. The van der Waals surface area contributed by atoms with Gasteiger partial charge in [0.25, 0.3) is 0 Å². The van der Waals surface area contributed by atoms with Gasteiger partial charge in [-0.1, -0.05) is 85.9 Å². The summed E-state index contributed by atoms with van der Waals surface area (Å²) < 4.78 is 0. The van der Waals surface area contributed by atoms with Crippen molar-refractivity contribution in [1.29, 1.82) is 5.41 Å². The van der Waals surface area contributed by atoms with Crippen LogP contribution in [0.3, 0.4) is 0 Å². The molecule has 0 spiro atoms. The third-order valence-corrected chi connectivity index (χ3v) is 10.4. The van der Waals surface area contributed by atoms with Crippen molar-refractivity contribution in [2.45, 2.75) is 75.0 Å². The Morgan fingerprint density at radius 1 is 0.946 bits per heavy atom. The molecule has 190 valence electrons. The summed E-state index contributed by atoms with van der Waals surface area (Å²) >= 11 is 3.35. The number of allylic oxidation sites excluding steroid dienone is 3. The molecule has 37 heavy (non-hydrogen) atoms. The van der Waals surface area contributed by atoms with Crippen LogP contribution in [0.5, 0.6) is 0 Å². The van der Waals surface area contributed by atoms with Gasteiger partial charge in [-0.25, -0.2) is 0 Å². The fraction of sp³-hybridized carbons (Fsp3) is 0.303. The van der Waals surface area contributed by atoms with Crippen LogP contribution in [0.4, 0.5) is 0 Å². The molecule has 5 rings (SSSR count). The van der Waals surface area contributed by atoms with E-state index in [4.69, 9.17) is 11.1 Å². The van der Waals surface area contributed by atoms with E-state index in [1.54, 1.807) is 0 Å². The second-order valence-electron chi connectivity index (χ2n) is 10.8. The molecule has 1 unspecified atom stereocenters. The third-order valence-electron chi connectivity index (χ3n) is 8.23. The second-order valence-corrected chi connectivity index (χ2v) is 13.0. The van der Waals surface area contributed by atoms with Crippen molar-refractivity contribution in [3.63, 3.8) is 0 Å². The van der Waals surface area contributed by atoms with E-state index in [1.165, 1.54) is 71.6 Å². The molecule has 3 aromatic rings. The van der Waals surface area contributed by atoms with E-state index in [2.05, 4.69) is 102 Å². The number of thioether (sulfide) groups is 1. The molecule has 2 aliphatic rings. The van der Waals surface area contributed by atoms with E-state index in [9.17, 15) is 0 Å². The molecule has 3 aromatic carbocycles. The lowest BCUT2D eigenvalue weighted by Gasteiger charge is -2.35. The lowest BCUT2D eigenvalue weighted by Crippen LogP contribution is -2.23. The molecule has 0 fully saturated rings. The first-order valence-corrected chi connectivity index (χ1v) is 14.7. The first kappa shape index (κ1) is 26.1. The van der Waals surface area contributed by atoms with Crippen molar-refractivity contribution in [2.24, 2.45) is 5.73 Å². The SMILES string of the molecule is Cc1c(C)c(-c2ccc3c(c2)Sc2ccccc2C3(C)C)c(C)c(C)c1C(=N)SC(N)C1=CC=CCC1.